The highest BCUT2D eigenvalue weighted by Gasteiger charge is 2.22. The summed E-state index contributed by atoms with van der Waals surface area (Å²) in [5.74, 6) is 0. The van der Waals surface area contributed by atoms with Gasteiger partial charge < -0.3 is 0 Å². The Morgan fingerprint density at radius 3 is 1.44 bits per heavy atom. The predicted molar refractivity (Wildman–Crippen MR) is 35.2 cm³/mol. The molecule has 0 aromatic rings. The second-order valence-electron chi connectivity index (χ2n) is 1.56. The predicted octanol–water partition coefficient (Wildman–Crippen LogP) is 2.43. The van der Waals surface area contributed by atoms with Gasteiger partial charge in [-0.1, -0.05) is 13.8 Å². The SMILES string of the molecule is CCN(CC)[SH](F)(F)F. The quantitative estimate of drug-likeness (QED) is 0.624. The average molecular weight is 162 g/mol. The molecule has 1 nitrogen and oxygen atoms in total. The first-order valence-corrected chi connectivity index (χ1v) is 4.17. The molecule has 0 fully saturated rings. The number of nitrogens with zero attached hydrogens (tertiary/aromatic N) is 1. The largest absolute Gasteiger partial charge is 0.209 e. The highest BCUT2D eigenvalue weighted by Crippen LogP contribution is 2.55. The van der Waals surface area contributed by atoms with Crippen LogP contribution >= 0.6 is 11.4 Å². The minimum absolute atomic E-state index is 0.0772. The van der Waals surface area contributed by atoms with Crippen molar-refractivity contribution in [1.29, 1.82) is 0 Å². The molecular formula is C4H11F3NS. The molecule has 0 aliphatic rings. The van der Waals surface area contributed by atoms with Crippen molar-refractivity contribution < 1.29 is 11.7 Å². The highest BCUT2D eigenvalue weighted by molar-refractivity contribution is 8.18. The van der Waals surface area contributed by atoms with Gasteiger partial charge >= 0.3 is 0 Å². The molecule has 0 rings (SSSR count). The van der Waals surface area contributed by atoms with E-state index in [9.17, 15) is 11.7 Å². The molecule has 0 heterocycles. The molecule has 5 heteroatoms. The Labute approximate surface area is 55.2 Å². The first-order valence-electron chi connectivity index (χ1n) is 2.75. The van der Waals surface area contributed by atoms with Crippen LogP contribution in [0.3, 0.4) is 0 Å². The maximum absolute atomic E-state index is 11.8. The van der Waals surface area contributed by atoms with Crippen LogP contribution in [0.2, 0.25) is 0 Å². The van der Waals surface area contributed by atoms with Crippen molar-refractivity contribution in [2.75, 3.05) is 13.1 Å². The molecule has 0 amide bonds. The van der Waals surface area contributed by atoms with Crippen LogP contribution in [0.15, 0.2) is 0 Å². The van der Waals surface area contributed by atoms with Crippen LogP contribution in [0, 0.1) is 0 Å². The summed E-state index contributed by atoms with van der Waals surface area (Å²) in [6.07, 6.45) is 0. The van der Waals surface area contributed by atoms with E-state index in [-0.39, 0.29) is 13.1 Å². The number of rotatable bonds is 3. The van der Waals surface area contributed by atoms with E-state index in [1.807, 2.05) is 0 Å². The smallest absolute Gasteiger partial charge is 0.165 e. The average Bonchev–Trinajstić information content (AvgIpc) is 1.65. The second kappa shape index (κ2) is 3.31. The van der Waals surface area contributed by atoms with E-state index < -0.39 is 11.4 Å². The summed E-state index contributed by atoms with van der Waals surface area (Å²) in [6.45, 7) is 3.18. The molecule has 0 spiro atoms. The maximum Gasteiger partial charge on any atom is 0.165 e. The topological polar surface area (TPSA) is 3.24 Å². The number of hydrogen-bond acceptors (Lipinski definition) is 1. The van der Waals surface area contributed by atoms with Gasteiger partial charge in [-0.25, -0.2) is 4.31 Å². The molecule has 0 saturated carbocycles. The number of halogens is 3. The number of thiol groups is 1. The van der Waals surface area contributed by atoms with E-state index in [1.54, 1.807) is 0 Å². The molecule has 0 atom stereocenters. The van der Waals surface area contributed by atoms with Crippen molar-refractivity contribution in [3.63, 3.8) is 0 Å². The van der Waals surface area contributed by atoms with Crippen molar-refractivity contribution in [1.82, 2.24) is 4.31 Å². The fraction of sp³-hybridized carbons (Fsp3) is 1.00. The van der Waals surface area contributed by atoms with Gasteiger partial charge in [0, 0.05) is 13.1 Å². The fourth-order valence-electron chi connectivity index (χ4n) is 0.544. The van der Waals surface area contributed by atoms with Crippen molar-refractivity contribution in [3.8, 4) is 0 Å². The molecule has 0 N–H and O–H groups in total. The molecule has 9 heavy (non-hydrogen) atoms. The third kappa shape index (κ3) is 2.95. The van der Waals surface area contributed by atoms with Crippen molar-refractivity contribution in [2.24, 2.45) is 0 Å². The third-order valence-corrected chi connectivity index (χ3v) is 2.26. The zero-order chi connectivity index (χ0) is 7.49. The Balaban J connectivity index is 3.79. The molecule has 59 valence electrons. The Kier molecular flexibility index (Phi) is 3.35. The summed E-state index contributed by atoms with van der Waals surface area (Å²) in [7, 11) is 0. The van der Waals surface area contributed by atoms with Crippen LogP contribution in [-0.2, 0) is 0 Å². The third-order valence-electron chi connectivity index (χ3n) is 1.05. The summed E-state index contributed by atoms with van der Waals surface area (Å²) in [5, 5.41) is 0. The van der Waals surface area contributed by atoms with Crippen LogP contribution in [0.1, 0.15) is 13.8 Å². The zero-order valence-electron chi connectivity index (χ0n) is 5.44. The van der Waals surface area contributed by atoms with Gasteiger partial charge in [-0.15, -0.1) is 11.7 Å². The minimum atomic E-state index is -5.19. The molecule has 0 unspecified atom stereocenters. The normalized spacial score (nSPS) is 14.4. The van der Waals surface area contributed by atoms with Gasteiger partial charge in [0.25, 0.3) is 0 Å². The van der Waals surface area contributed by atoms with Gasteiger partial charge in [-0.2, -0.15) is 0 Å². The van der Waals surface area contributed by atoms with Gasteiger partial charge in [0.2, 0.25) is 0 Å². The summed E-state index contributed by atoms with van der Waals surface area (Å²) in [6, 6.07) is 0. The summed E-state index contributed by atoms with van der Waals surface area (Å²) in [4.78, 5) is 0. The van der Waals surface area contributed by atoms with Gasteiger partial charge in [-0.3, -0.25) is 0 Å². The van der Waals surface area contributed by atoms with E-state index in [0.717, 1.165) is 0 Å². The summed E-state index contributed by atoms with van der Waals surface area (Å²) in [5.41, 5.74) is 0. The lowest BCUT2D eigenvalue weighted by atomic mass is 10.7. The van der Waals surface area contributed by atoms with E-state index in [1.165, 1.54) is 13.8 Å². The lowest BCUT2D eigenvalue weighted by molar-refractivity contribution is 0.416. The van der Waals surface area contributed by atoms with E-state index in [4.69, 9.17) is 0 Å². The Morgan fingerprint density at radius 1 is 1.11 bits per heavy atom. The van der Waals surface area contributed by atoms with E-state index >= 15 is 0 Å². The molecule has 0 saturated heterocycles. The van der Waals surface area contributed by atoms with Gasteiger partial charge in [0.05, 0.1) is 0 Å². The minimum Gasteiger partial charge on any atom is -0.209 e. The Bertz CT molecular complexity index is 78.4. The van der Waals surface area contributed by atoms with Crippen LogP contribution in [0.4, 0.5) is 11.7 Å². The van der Waals surface area contributed by atoms with Crippen molar-refractivity contribution in [3.05, 3.63) is 0 Å². The van der Waals surface area contributed by atoms with Crippen LogP contribution in [0.25, 0.3) is 0 Å². The Morgan fingerprint density at radius 2 is 1.44 bits per heavy atom. The monoisotopic (exact) mass is 162 g/mol. The standard InChI is InChI=1S/C4H11F3NS/c1-3-8(4-2)9(5,6)7/h9H,3-4H2,1-2H3. The van der Waals surface area contributed by atoms with Crippen molar-refractivity contribution in [2.45, 2.75) is 13.8 Å². The van der Waals surface area contributed by atoms with E-state index in [2.05, 4.69) is 0 Å². The molecule has 0 aromatic carbocycles. The molecule has 0 aromatic heterocycles. The first kappa shape index (κ1) is 9.10. The number of hydrogen-bond donors (Lipinski definition) is 1. The van der Waals surface area contributed by atoms with Crippen LogP contribution < -0.4 is 0 Å². The lowest BCUT2D eigenvalue weighted by Gasteiger charge is -2.27. The summed E-state index contributed by atoms with van der Waals surface area (Å²) >= 11 is -5.19. The first-order chi connectivity index (χ1) is 4.02. The molecular weight excluding hydrogens is 151 g/mol. The fourth-order valence-corrected chi connectivity index (χ4v) is 1.19. The Hall–Kier alpha value is 0.100. The molecule has 0 aliphatic heterocycles. The van der Waals surface area contributed by atoms with Crippen LogP contribution in [0.5, 0.6) is 0 Å². The van der Waals surface area contributed by atoms with Gasteiger partial charge in [-0.05, 0) is 0 Å². The van der Waals surface area contributed by atoms with Crippen molar-refractivity contribution >= 4 is 11.4 Å². The lowest BCUT2D eigenvalue weighted by Crippen LogP contribution is -2.19. The molecule has 0 bridgehead atoms. The molecule has 0 aliphatic carbocycles. The molecule has 1 radical (unpaired) electrons. The second-order valence-corrected chi connectivity index (χ2v) is 2.96. The summed E-state index contributed by atoms with van der Waals surface area (Å²) < 4.78 is 35.8. The van der Waals surface area contributed by atoms with E-state index in [0.29, 0.717) is 4.31 Å². The maximum atomic E-state index is 11.8. The van der Waals surface area contributed by atoms with Gasteiger partial charge in [0.1, 0.15) is 0 Å². The van der Waals surface area contributed by atoms with Crippen LogP contribution in [-0.4, -0.2) is 17.4 Å². The van der Waals surface area contributed by atoms with Gasteiger partial charge in [0.15, 0.2) is 11.4 Å². The highest BCUT2D eigenvalue weighted by atomic mass is 32.3. The zero-order valence-corrected chi connectivity index (χ0v) is 6.34.